The fraction of sp³-hybridized carbons (Fsp3) is 0.227. The number of aromatic nitrogens is 4. The lowest BCUT2D eigenvalue weighted by atomic mass is 10.1. The van der Waals surface area contributed by atoms with Crippen LogP contribution in [0.3, 0.4) is 0 Å². The van der Waals surface area contributed by atoms with Crippen molar-refractivity contribution in [3.05, 3.63) is 57.5 Å². The number of hydrogen-bond donors (Lipinski definition) is 3. The van der Waals surface area contributed by atoms with Crippen LogP contribution in [0, 0.1) is 4.77 Å². The van der Waals surface area contributed by atoms with E-state index in [9.17, 15) is 9.59 Å². The molecule has 3 N–H and O–H groups in total. The van der Waals surface area contributed by atoms with Crippen molar-refractivity contribution >= 4 is 51.8 Å². The SMILES string of the molecule is CC(=O)NC(C)c1ccc(-c2csc(NC(=O)CCn3c(-c4cccs4)n[nH]c3=S)n2)cc1. The van der Waals surface area contributed by atoms with Gasteiger partial charge in [-0.25, -0.2) is 4.98 Å². The third-order valence-electron chi connectivity index (χ3n) is 4.94. The number of carbonyl (C=O) groups excluding carboxylic acids is 2. The molecule has 0 aliphatic rings. The van der Waals surface area contributed by atoms with Gasteiger partial charge in [0.1, 0.15) is 0 Å². The molecule has 2 amide bonds. The summed E-state index contributed by atoms with van der Waals surface area (Å²) in [5.41, 5.74) is 2.74. The fourth-order valence-corrected chi connectivity index (χ4v) is 4.99. The van der Waals surface area contributed by atoms with Gasteiger partial charge in [-0.3, -0.25) is 19.3 Å². The molecule has 4 aromatic rings. The largest absolute Gasteiger partial charge is 0.350 e. The van der Waals surface area contributed by atoms with Gasteiger partial charge < -0.3 is 10.6 Å². The van der Waals surface area contributed by atoms with E-state index in [1.807, 2.05) is 58.6 Å². The summed E-state index contributed by atoms with van der Waals surface area (Å²) >= 11 is 8.26. The van der Waals surface area contributed by atoms with Crippen LogP contribution in [0.1, 0.15) is 31.9 Å². The zero-order chi connectivity index (χ0) is 23.4. The minimum Gasteiger partial charge on any atom is -0.350 e. The molecule has 4 rings (SSSR count). The van der Waals surface area contributed by atoms with Crippen LogP contribution in [0.5, 0.6) is 0 Å². The van der Waals surface area contributed by atoms with E-state index in [2.05, 4.69) is 25.8 Å². The summed E-state index contributed by atoms with van der Waals surface area (Å²) in [6.07, 6.45) is 0.247. The summed E-state index contributed by atoms with van der Waals surface area (Å²) in [5.74, 6) is 0.524. The first-order valence-electron chi connectivity index (χ1n) is 10.2. The van der Waals surface area contributed by atoms with Crippen molar-refractivity contribution in [3.63, 3.8) is 0 Å². The lowest BCUT2D eigenvalue weighted by Gasteiger charge is -2.13. The van der Waals surface area contributed by atoms with Gasteiger partial charge in [0, 0.05) is 30.8 Å². The highest BCUT2D eigenvalue weighted by Gasteiger charge is 2.13. The van der Waals surface area contributed by atoms with Crippen molar-refractivity contribution in [1.29, 1.82) is 0 Å². The summed E-state index contributed by atoms with van der Waals surface area (Å²) in [6.45, 7) is 3.86. The smallest absolute Gasteiger partial charge is 0.227 e. The molecule has 0 bridgehead atoms. The van der Waals surface area contributed by atoms with Crippen molar-refractivity contribution in [2.24, 2.45) is 0 Å². The van der Waals surface area contributed by atoms with Crippen LogP contribution in [-0.2, 0) is 16.1 Å². The van der Waals surface area contributed by atoms with Crippen molar-refractivity contribution in [2.45, 2.75) is 32.9 Å². The molecule has 0 saturated heterocycles. The van der Waals surface area contributed by atoms with E-state index in [-0.39, 0.29) is 24.3 Å². The van der Waals surface area contributed by atoms with Crippen LogP contribution in [0.2, 0.25) is 0 Å². The number of hydrogen-bond acceptors (Lipinski definition) is 7. The van der Waals surface area contributed by atoms with Gasteiger partial charge in [0.2, 0.25) is 11.8 Å². The minimum absolute atomic E-state index is 0.0640. The van der Waals surface area contributed by atoms with Gasteiger partial charge in [-0.05, 0) is 36.2 Å². The predicted octanol–water partition coefficient (Wildman–Crippen LogP) is 5.02. The molecule has 3 aromatic heterocycles. The zero-order valence-corrected chi connectivity index (χ0v) is 20.4. The highest BCUT2D eigenvalue weighted by Crippen LogP contribution is 2.27. The van der Waals surface area contributed by atoms with E-state index < -0.39 is 0 Å². The Bertz CT molecular complexity index is 1300. The molecule has 3 heterocycles. The normalized spacial score (nSPS) is 11.8. The fourth-order valence-electron chi connectivity index (χ4n) is 3.31. The molecule has 0 fully saturated rings. The summed E-state index contributed by atoms with van der Waals surface area (Å²) in [7, 11) is 0. The average Bonchev–Trinajstić information content (AvgIpc) is 3.53. The Balaban J connectivity index is 1.36. The Kier molecular flexibility index (Phi) is 7.11. The molecular weight excluding hydrogens is 476 g/mol. The van der Waals surface area contributed by atoms with Gasteiger partial charge in [-0.2, -0.15) is 5.10 Å². The second-order valence-corrected chi connectivity index (χ2v) is 9.55. The number of nitrogens with one attached hydrogen (secondary N) is 3. The quantitative estimate of drug-likeness (QED) is 0.296. The summed E-state index contributed by atoms with van der Waals surface area (Å²) in [6, 6.07) is 11.7. The minimum atomic E-state index is -0.143. The number of thiophene rings is 1. The number of anilines is 1. The predicted molar refractivity (Wildman–Crippen MR) is 134 cm³/mol. The summed E-state index contributed by atoms with van der Waals surface area (Å²) < 4.78 is 2.32. The van der Waals surface area contributed by atoms with Gasteiger partial charge in [0.25, 0.3) is 0 Å². The molecule has 0 spiro atoms. The van der Waals surface area contributed by atoms with E-state index >= 15 is 0 Å². The van der Waals surface area contributed by atoms with Gasteiger partial charge in [-0.1, -0.05) is 30.3 Å². The molecule has 1 atom stereocenters. The Morgan fingerprint density at radius 2 is 2.00 bits per heavy atom. The Morgan fingerprint density at radius 3 is 2.70 bits per heavy atom. The third-order valence-corrected chi connectivity index (χ3v) is 6.87. The number of amides is 2. The number of carbonyl (C=O) groups is 2. The second kappa shape index (κ2) is 10.2. The highest BCUT2D eigenvalue weighted by atomic mass is 32.1. The number of aromatic amines is 1. The van der Waals surface area contributed by atoms with Crippen molar-refractivity contribution < 1.29 is 9.59 Å². The van der Waals surface area contributed by atoms with E-state index in [0.717, 1.165) is 27.5 Å². The standard InChI is InChI=1S/C22H22N6O2S3/c1-13(23-14(2)29)15-5-7-16(8-6-15)17-12-33-21(24-17)25-19(30)9-10-28-20(26-27-22(28)31)18-4-3-11-32-18/h3-8,11-13H,9-10H2,1-2H3,(H,23,29)(H,27,31)(H,24,25,30). The third kappa shape index (κ3) is 5.62. The van der Waals surface area contributed by atoms with E-state index in [1.54, 1.807) is 11.3 Å². The molecule has 0 saturated carbocycles. The summed E-state index contributed by atoms with van der Waals surface area (Å²) in [5, 5.41) is 17.2. The van der Waals surface area contributed by atoms with Crippen molar-refractivity contribution in [3.8, 4) is 22.0 Å². The monoisotopic (exact) mass is 498 g/mol. The van der Waals surface area contributed by atoms with E-state index in [0.29, 0.717) is 16.4 Å². The van der Waals surface area contributed by atoms with Crippen molar-refractivity contribution in [1.82, 2.24) is 25.1 Å². The number of benzene rings is 1. The lowest BCUT2D eigenvalue weighted by molar-refractivity contribution is -0.119. The molecule has 0 aliphatic heterocycles. The van der Waals surface area contributed by atoms with Crippen LogP contribution in [0.4, 0.5) is 5.13 Å². The Hall–Kier alpha value is -3.15. The first-order valence-corrected chi connectivity index (χ1v) is 12.4. The molecule has 1 aromatic carbocycles. The number of H-pyrrole nitrogens is 1. The molecule has 0 aliphatic carbocycles. The Morgan fingerprint density at radius 1 is 1.21 bits per heavy atom. The first-order chi connectivity index (χ1) is 15.9. The molecule has 11 heteroatoms. The van der Waals surface area contributed by atoms with Crippen LogP contribution in [0.15, 0.2) is 47.2 Å². The van der Waals surface area contributed by atoms with Gasteiger partial charge >= 0.3 is 0 Å². The van der Waals surface area contributed by atoms with Gasteiger partial charge in [-0.15, -0.1) is 22.7 Å². The van der Waals surface area contributed by atoms with Gasteiger partial charge in [0.15, 0.2) is 15.7 Å². The highest BCUT2D eigenvalue weighted by molar-refractivity contribution is 7.71. The van der Waals surface area contributed by atoms with Crippen LogP contribution in [0.25, 0.3) is 22.0 Å². The topological polar surface area (TPSA) is 105 Å². The maximum Gasteiger partial charge on any atom is 0.227 e. The van der Waals surface area contributed by atoms with Crippen molar-refractivity contribution in [2.75, 3.05) is 5.32 Å². The van der Waals surface area contributed by atoms with Crippen LogP contribution < -0.4 is 10.6 Å². The molecular formula is C22H22N6O2S3. The zero-order valence-electron chi connectivity index (χ0n) is 18.0. The molecule has 170 valence electrons. The average molecular weight is 499 g/mol. The number of thiazole rings is 1. The van der Waals surface area contributed by atoms with E-state index in [1.165, 1.54) is 18.3 Å². The maximum atomic E-state index is 12.5. The first kappa shape index (κ1) is 23.0. The van der Waals surface area contributed by atoms with Gasteiger partial charge in [0.05, 0.1) is 16.6 Å². The molecule has 1 unspecified atom stereocenters. The maximum absolute atomic E-state index is 12.5. The molecule has 33 heavy (non-hydrogen) atoms. The molecule has 0 radical (unpaired) electrons. The number of rotatable bonds is 8. The lowest BCUT2D eigenvalue weighted by Crippen LogP contribution is -2.23. The molecule has 8 nitrogen and oxygen atoms in total. The number of nitrogens with zero attached hydrogens (tertiary/aromatic N) is 3. The van der Waals surface area contributed by atoms with Crippen LogP contribution in [-0.4, -0.2) is 31.6 Å². The summed E-state index contributed by atoms with van der Waals surface area (Å²) in [4.78, 5) is 29.3. The van der Waals surface area contributed by atoms with Crippen LogP contribution >= 0.6 is 34.9 Å². The Labute approximate surface area is 203 Å². The second-order valence-electron chi connectivity index (χ2n) is 7.36. The van der Waals surface area contributed by atoms with E-state index in [4.69, 9.17) is 12.2 Å².